The van der Waals surface area contributed by atoms with Gasteiger partial charge in [0.05, 0.1) is 13.0 Å². The molecule has 78 valence electrons. The van der Waals surface area contributed by atoms with Crippen LogP contribution in [-0.4, -0.2) is 17.6 Å². The van der Waals surface area contributed by atoms with Crippen LogP contribution in [0.25, 0.3) is 0 Å². The van der Waals surface area contributed by atoms with E-state index in [-0.39, 0.29) is 5.97 Å². The summed E-state index contributed by atoms with van der Waals surface area (Å²) >= 11 is 12.7. The Morgan fingerprint density at radius 2 is 2.29 bits per heavy atom. The quantitative estimate of drug-likeness (QED) is 0.775. The topological polar surface area (TPSA) is 39.2 Å². The van der Waals surface area contributed by atoms with E-state index in [1.54, 1.807) is 6.92 Å². The van der Waals surface area contributed by atoms with E-state index in [0.717, 1.165) is 4.88 Å². The Morgan fingerprint density at radius 1 is 1.57 bits per heavy atom. The van der Waals surface area contributed by atoms with Crippen LogP contribution in [0.2, 0.25) is 9.62 Å². The summed E-state index contributed by atoms with van der Waals surface area (Å²) in [5, 5.41) is 0.379. The fourth-order valence-corrected chi connectivity index (χ4v) is 2.34. The molecule has 0 fully saturated rings. The number of aromatic nitrogens is 1. The van der Waals surface area contributed by atoms with E-state index in [4.69, 9.17) is 27.9 Å². The monoisotopic (exact) mass is 253 g/mol. The largest absolute Gasteiger partial charge is 0.466 e. The minimum atomic E-state index is -0.229. The van der Waals surface area contributed by atoms with Crippen LogP contribution in [0.15, 0.2) is 0 Å². The molecule has 0 aromatic carbocycles. The number of hydrogen-bond donors (Lipinski definition) is 0. The third kappa shape index (κ3) is 3.44. The second-order valence-electron chi connectivity index (χ2n) is 2.49. The maximum Gasteiger partial charge on any atom is 0.306 e. The maximum atomic E-state index is 11.0. The van der Waals surface area contributed by atoms with Crippen molar-refractivity contribution in [2.45, 2.75) is 19.8 Å². The molecule has 14 heavy (non-hydrogen) atoms. The first kappa shape index (κ1) is 11.8. The molecule has 0 aliphatic heterocycles. The van der Waals surface area contributed by atoms with Crippen LogP contribution in [0.3, 0.4) is 0 Å². The summed E-state index contributed by atoms with van der Waals surface area (Å²) in [5.41, 5.74) is 0. The van der Waals surface area contributed by atoms with E-state index in [1.165, 1.54) is 11.3 Å². The van der Waals surface area contributed by atoms with Crippen molar-refractivity contribution in [1.82, 2.24) is 4.98 Å². The zero-order chi connectivity index (χ0) is 10.6. The fourth-order valence-electron chi connectivity index (χ4n) is 0.909. The number of ether oxygens (including phenoxy) is 1. The molecule has 0 spiro atoms. The zero-order valence-electron chi connectivity index (χ0n) is 7.55. The molecule has 1 aromatic heterocycles. The predicted octanol–water partition coefficient (Wildman–Crippen LogP) is 2.95. The van der Waals surface area contributed by atoms with Crippen LogP contribution >= 0.6 is 34.5 Å². The standard InChI is InChI=1S/C8H9Cl2NO2S/c1-2-13-6(12)4-3-5-7(9)11-8(10)14-5/h2-4H2,1H3. The number of nitrogens with zero attached hydrogens (tertiary/aromatic N) is 1. The Kier molecular flexibility index (Phi) is 4.65. The minimum Gasteiger partial charge on any atom is -0.466 e. The lowest BCUT2D eigenvalue weighted by Gasteiger charge is -1.99. The normalized spacial score (nSPS) is 10.2. The summed E-state index contributed by atoms with van der Waals surface area (Å²) in [4.78, 5) is 15.7. The van der Waals surface area contributed by atoms with Crippen molar-refractivity contribution in [1.29, 1.82) is 0 Å². The van der Waals surface area contributed by atoms with Crippen molar-refractivity contribution in [3.63, 3.8) is 0 Å². The number of esters is 1. The van der Waals surface area contributed by atoms with Gasteiger partial charge in [-0.25, -0.2) is 4.98 Å². The number of aryl methyl sites for hydroxylation is 1. The van der Waals surface area contributed by atoms with Crippen LogP contribution in [0, 0.1) is 0 Å². The van der Waals surface area contributed by atoms with Crippen molar-refractivity contribution in [2.75, 3.05) is 6.61 Å². The fraction of sp³-hybridized carbons (Fsp3) is 0.500. The van der Waals surface area contributed by atoms with E-state index >= 15 is 0 Å². The Labute approximate surface area is 96.0 Å². The van der Waals surface area contributed by atoms with E-state index in [1.807, 2.05) is 0 Å². The molecule has 0 radical (unpaired) electrons. The molecule has 3 nitrogen and oxygen atoms in total. The molecule has 0 bridgehead atoms. The molecule has 0 unspecified atom stereocenters. The van der Waals surface area contributed by atoms with Crippen molar-refractivity contribution in [2.24, 2.45) is 0 Å². The van der Waals surface area contributed by atoms with Crippen LogP contribution in [0.5, 0.6) is 0 Å². The summed E-state index contributed by atoms with van der Waals surface area (Å²) in [6.07, 6.45) is 0.841. The summed E-state index contributed by atoms with van der Waals surface area (Å²) in [7, 11) is 0. The molecule has 1 aromatic rings. The molecular formula is C8H9Cl2NO2S. The SMILES string of the molecule is CCOC(=O)CCc1sc(Cl)nc1Cl. The molecule has 0 saturated heterocycles. The molecule has 0 aliphatic rings. The lowest BCUT2D eigenvalue weighted by atomic mass is 10.3. The average molecular weight is 254 g/mol. The van der Waals surface area contributed by atoms with Gasteiger partial charge in [-0.1, -0.05) is 23.2 Å². The zero-order valence-corrected chi connectivity index (χ0v) is 9.88. The van der Waals surface area contributed by atoms with Gasteiger partial charge >= 0.3 is 5.97 Å². The first-order valence-electron chi connectivity index (χ1n) is 4.09. The van der Waals surface area contributed by atoms with E-state index in [9.17, 15) is 4.79 Å². The molecule has 1 heterocycles. The molecule has 0 atom stereocenters. The molecule has 0 N–H and O–H groups in total. The van der Waals surface area contributed by atoms with Crippen molar-refractivity contribution < 1.29 is 9.53 Å². The van der Waals surface area contributed by atoms with Gasteiger partial charge in [-0.3, -0.25) is 4.79 Å². The summed E-state index contributed by atoms with van der Waals surface area (Å²) in [6.45, 7) is 2.17. The number of thiazole rings is 1. The second kappa shape index (κ2) is 5.53. The maximum absolute atomic E-state index is 11.0. The average Bonchev–Trinajstić information content (AvgIpc) is 2.42. The summed E-state index contributed by atoms with van der Waals surface area (Å²) in [5.74, 6) is -0.229. The number of hydrogen-bond acceptors (Lipinski definition) is 4. The Morgan fingerprint density at radius 3 is 2.79 bits per heavy atom. The van der Waals surface area contributed by atoms with Crippen molar-refractivity contribution in [3.05, 3.63) is 14.5 Å². The molecule has 0 aliphatic carbocycles. The van der Waals surface area contributed by atoms with Gasteiger partial charge in [0.15, 0.2) is 4.47 Å². The van der Waals surface area contributed by atoms with E-state index < -0.39 is 0 Å². The number of rotatable bonds is 4. The smallest absolute Gasteiger partial charge is 0.306 e. The molecule has 0 amide bonds. The van der Waals surface area contributed by atoms with E-state index in [0.29, 0.717) is 29.1 Å². The highest BCUT2D eigenvalue weighted by molar-refractivity contribution is 7.16. The third-order valence-electron chi connectivity index (χ3n) is 1.49. The highest BCUT2D eigenvalue weighted by atomic mass is 35.5. The van der Waals surface area contributed by atoms with Crippen molar-refractivity contribution in [3.8, 4) is 0 Å². The van der Waals surface area contributed by atoms with Crippen molar-refractivity contribution >= 4 is 40.5 Å². The van der Waals surface area contributed by atoms with Gasteiger partial charge in [-0.05, 0) is 13.3 Å². The van der Waals surface area contributed by atoms with Crippen LogP contribution in [-0.2, 0) is 16.0 Å². The molecule has 6 heteroatoms. The number of carbonyl (C=O) groups is 1. The lowest BCUT2D eigenvalue weighted by molar-refractivity contribution is -0.143. The van der Waals surface area contributed by atoms with Gasteiger partial charge in [-0.15, -0.1) is 11.3 Å². The first-order valence-corrected chi connectivity index (χ1v) is 5.67. The van der Waals surface area contributed by atoms with Crippen LogP contribution in [0.4, 0.5) is 0 Å². The lowest BCUT2D eigenvalue weighted by Crippen LogP contribution is -2.04. The van der Waals surface area contributed by atoms with Gasteiger partial charge < -0.3 is 4.74 Å². The molecule has 1 rings (SSSR count). The number of carbonyl (C=O) groups excluding carboxylic acids is 1. The Bertz CT molecular complexity index is 327. The van der Waals surface area contributed by atoms with Crippen LogP contribution < -0.4 is 0 Å². The molecular weight excluding hydrogens is 245 g/mol. The highest BCUT2D eigenvalue weighted by Crippen LogP contribution is 2.27. The summed E-state index contributed by atoms with van der Waals surface area (Å²) in [6, 6.07) is 0. The predicted molar refractivity (Wildman–Crippen MR) is 57.1 cm³/mol. The van der Waals surface area contributed by atoms with Crippen LogP contribution in [0.1, 0.15) is 18.2 Å². The minimum absolute atomic E-state index is 0.229. The summed E-state index contributed by atoms with van der Waals surface area (Å²) < 4.78 is 5.18. The van der Waals surface area contributed by atoms with Gasteiger partial charge in [0.2, 0.25) is 0 Å². The van der Waals surface area contributed by atoms with Gasteiger partial charge in [0, 0.05) is 4.88 Å². The Balaban J connectivity index is 2.45. The number of halogens is 2. The molecule has 0 saturated carbocycles. The first-order chi connectivity index (χ1) is 6.63. The second-order valence-corrected chi connectivity index (χ2v) is 4.51. The third-order valence-corrected chi connectivity index (χ3v) is 3.13. The highest BCUT2D eigenvalue weighted by Gasteiger charge is 2.10. The van der Waals surface area contributed by atoms with Gasteiger partial charge in [0.1, 0.15) is 5.15 Å². The van der Waals surface area contributed by atoms with Gasteiger partial charge in [0.25, 0.3) is 0 Å². The van der Waals surface area contributed by atoms with Gasteiger partial charge in [-0.2, -0.15) is 0 Å². The van der Waals surface area contributed by atoms with E-state index in [2.05, 4.69) is 4.98 Å². The Hall–Kier alpha value is -0.320.